The molecule has 0 aromatic rings. The Morgan fingerprint density at radius 1 is 1.21 bits per heavy atom. The van der Waals surface area contributed by atoms with E-state index in [1.165, 1.54) is 16.7 Å². The predicted octanol–water partition coefficient (Wildman–Crippen LogP) is 4.91. The largest absolute Gasteiger partial charge is 0.383 e. The number of nitrogens with one attached hydrogen (secondary N) is 2. The predicted molar refractivity (Wildman–Crippen MR) is 113 cm³/mol. The van der Waals surface area contributed by atoms with Crippen molar-refractivity contribution in [2.24, 2.45) is 0 Å². The van der Waals surface area contributed by atoms with E-state index in [0.717, 1.165) is 24.0 Å². The van der Waals surface area contributed by atoms with E-state index in [1.54, 1.807) is 6.92 Å². The molecule has 2 nitrogen and oxygen atoms in total. The van der Waals surface area contributed by atoms with E-state index in [4.69, 9.17) is 5.41 Å². The van der Waals surface area contributed by atoms with Crippen LogP contribution in [-0.2, 0) is 0 Å². The zero-order valence-corrected chi connectivity index (χ0v) is 16.3. The second-order valence-electron chi connectivity index (χ2n) is 6.33. The lowest BCUT2D eigenvalue weighted by molar-refractivity contribution is 0.618. The molecule has 0 aromatic heterocycles. The number of hydrogen-bond donors (Lipinski definition) is 2. The van der Waals surface area contributed by atoms with Gasteiger partial charge in [0, 0.05) is 17.5 Å². The van der Waals surface area contributed by atoms with Crippen LogP contribution >= 0.6 is 0 Å². The molecule has 0 heterocycles. The lowest BCUT2D eigenvalue weighted by Crippen LogP contribution is -2.28. The summed E-state index contributed by atoms with van der Waals surface area (Å²) in [5, 5.41) is 11.1. The van der Waals surface area contributed by atoms with Crippen LogP contribution in [0.4, 0.5) is 0 Å². The van der Waals surface area contributed by atoms with E-state index in [1.807, 2.05) is 25.2 Å². The van der Waals surface area contributed by atoms with Gasteiger partial charge in [0.2, 0.25) is 0 Å². The standard InChI is InChI=1S/C21H33BN2/c1-8-19(11-10-17(6)23)13-20(14-22)24-18(7)21(9-2)16(5)12-15(3)4/h8-12,20,23-24H,2,7,13-14,22H2,1,3-6H3/b11-10-,19-8+,21-16+,23-17?. The molecule has 24 heavy (non-hydrogen) atoms. The van der Waals surface area contributed by atoms with Crippen LogP contribution in [0, 0.1) is 5.41 Å². The van der Waals surface area contributed by atoms with Crippen molar-refractivity contribution in [3.05, 3.63) is 71.5 Å². The fourth-order valence-corrected chi connectivity index (χ4v) is 2.45. The highest BCUT2D eigenvalue weighted by atomic mass is 14.9. The van der Waals surface area contributed by atoms with Crippen LogP contribution in [0.1, 0.15) is 41.0 Å². The van der Waals surface area contributed by atoms with Crippen LogP contribution in [0.25, 0.3) is 0 Å². The lowest BCUT2D eigenvalue weighted by atomic mass is 9.91. The van der Waals surface area contributed by atoms with Crippen LogP contribution in [0.2, 0.25) is 6.32 Å². The van der Waals surface area contributed by atoms with Crippen molar-refractivity contribution in [3.63, 3.8) is 0 Å². The highest BCUT2D eigenvalue weighted by molar-refractivity contribution is 6.09. The van der Waals surface area contributed by atoms with Crippen molar-refractivity contribution in [3.8, 4) is 0 Å². The Morgan fingerprint density at radius 2 is 1.83 bits per heavy atom. The molecule has 130 valence electrons. The van der Waals surface area contributed by atoms with Crippen molar-refractivity contribution in [2.45, 2.75) is 53.4 Å². The van der Waals surface area contributed by atoms with Gasteiger partial charge in [-0.2, -0.15) is 0 Å². The molecule has 0 aliphatic carbocycles. The minimum absolute atomic E-state index is 0.300. The minimum Gasteiger partial charge on any atom is -0.383 e. The summed E-state index contributed by atoms with van der Waals surface area (Å²) < 4.78 is 0. The Kier molecular flexibility index (Phi) is 10.5. The van der Waals surface area contributed by atoms with Crippen molar-refractivity contribution < 1.29 is 0 Å². The lowest BCUT2D eigenvalue weighted by Gasteiger charge is -2.22. The van der Waals surface area contributed by atoms with Gasteiger partial charge in [-0.3, -0.25) is 0 Å². The molecule has 0 fully saturated rings. The second-order valence-corrected chi connectivity index (χ2v) is 6.33. The summed E-state index contributed by atoms with van der Waals surface area (Å²) in [5.41, 5.74) is 6.18. The number of hydrogen-bond acceptors (Lipinski definition) is 2. The average Bonchev–Trinajstić information content (AvgIpc) is 2.49. The Hall–Kier alpha value is -2.03. The molecule has 0 aliphatic rings. The van der Waals surface area contributed by atoms with Gasteiger partial charge in [0.1, 0.15) is 7.85 Å². The fourth-order valence-electron chi connectivity index (χ4n) is 2.45. The molecule has 0 saturated carbocycles. The highest BCUT2D eigenvalue weighted by Crippen LogP contribution is 2.18. The molecule has 2 N–H and O–H groups in total. The zero-order valence-electron chi connectivity index (χ0n) is 16.3. The van der Waals surface area contributed by atoms with Crippen molar-refractivity contribution in [1.29, 1.82) is 5.41 Å². The molecule has 1 unspecified atom stereocenters. The monoisotopic (exact) mass is 324 g/mol. The summed E-state index contributed by atoms with van der Waals surface area (Å²) in [6.45, 7) is 18.2. The number of rotatable bonds is 10. The van der Waals surface area contributed by atoms with E-state index < -0.39 is 0 Å². The molecular formula is C21H33BN2. The second kappa shape index (κ2) is 11.5. The van der Waals surface area contributed by atoms with Gasteiger partial charge >= 0.3 is 0 Å². The molecule has 0 saturated heterocycles. The Labute approximate surface area is 149 Å². The van der Waals surface area contributed by atoms with E-state index in [2.05, 4.69) is 59.2 Å². The average molecular weight is 324 g/mol. The molecule has 0 amide bonds. The molecule has 0 spiro atoms. The maximum atomic E-state index is 7.52. The van der Waals surface area contributed by atoms with Crippen LogP contribution in [-0.4, -0.2) is 19.6 Å². The molecule has 1 atom stereocenters. The number of allylic oxidation sites excluding steroid dienone is 7. The van der Waals surface area contributed by atoms with Crippen molar-refractivity contribution in [2.75, 3.05) is 0 Å². The molecule has 0 aliphatic heterocycles. The van der Waals surface area contributed by atoms with E-state index >= 15 is 0 Å². The molecule has 0 radical (unpaired) electrons. The first-order valence-corrected chi connectivity index (χ1v) is 8.57. The van der Waals surface area contributed by atoms with E-state index in [9.17, 15) is 0 Å². The van der Waals surface area contributed by atoms with Crippen molar-refractivity contribution in [1.82, 2.24) is 5.32 Å². The van der Waals surface area contributed by atoms with Gasteiger partial charge in [0.15, 0.2) is 0 Å². The Bertz CT molecular complexity index is 585. The normalized spacial score (nSPS) is 14.0. The van der Waals surface area contributed by atoms with Gasteiger partial charge in [0.25, 0.3) is 0 Å². The van der Waals surface area contributed by atoms with Crippen molar-refractivity contribution >= 4 is 13.6 Å². The third-order valence-corrected chi connectivity index (χ3v) is 3.73. The summed E-state index contributed by atoms with van der Waals surface area (Å²) in [6, 6.07) is 0.300. The minimum atomic E-state index is 0.300. The van der Waals surface area contributed by atoms with Gasteiger partial charge in [-0.1, -0.05) is 54.9 Å². The van der Waals surface area contributed by atoms with E-state index in [0.29, 0.717) is 11.8 Å². The quantitative estimate of drug-likeness (QED) is 0.334. The summed E-state index contributed by atoms with van der Waals surface area (Å²) in [4.78, 5) is 0. The van der Waals surface area contributed by atoms with Gasteiger partial charge in [-0.25, -0.2) is 0 Å². The van der Waals surface area contributed by atoms with Crippen LogP contribution in [0.15, 0.2) is 71.5 Å². The van der Waals surface area contributed by atoms with Crippen LogP contribution < -0.4 is 5.32 Å². The topological polar surface area (TPSA) is 35.9 Å². The molecule has 0 rings (SSSR count). The maximum Gasteiger partial charge on any atom is 0.104 e. The smallest absolute Gasteiger partial charge is 0.104 e. The van der Waals surface area contributed by atoms with Gasteiger partial charge in [-0.05, 0) is 58.3 Å². The van der Waals surface area contributed by atoms with Gasteiger partial charge in [0.05, 0.1) is 0 Å². The summed E-state index contributed by atoms with van der Waals surface area (Å²) in [5.74, 6) is 0. The first-order chi connectivity index (χ1) is 11.2. The molecular weight excluding hydrogens is 291 g/mol. The van der Waals surface area contributed by atoms with Gasteiger partial charge < -0.3 is 10.7 Å². The van der Waals surface area contributed by atoms with Crippen LogP contribution in [0.3, 0.4) is 0 Å². The van der Waals surface area contributed by atoms with Gasteiger partial charge in [-0.15, -0.1) is 0 Å². The molecule has 0 bridgehead atoms. The fraction of sp³-hybridized carbons (Fsp3) is 0.381. The van der Waals surface area contributed by atoms with E-state index in [-0.39, 0.29) is 0 Å². The summed E-state index contributed by atoms with van der Waals surface area (Å²) in [6.07, 6.45) is 11.9. The highest BCUT2D eigenvalue weighted by Gasteiger charge is 2.11. The third kappa shape index (κ3) is 8.57. The Balaban J connectivity index is 5.17. The summed E-state index contributed by atoms with van der Waals surface area (Å²) in [7, 11) is 2.17. The SMILES string of the molecule is BCC(CC(/C=C\C(C)=N)=C/C)NC(=C)/C(C=C)=C(\C)C=C(C)C. The summed E-state index contributed by atoms with van der Waals surface area (Å²) >= 11 is 0. The first kappa shape index (κ1) is 22.0. The first-order valence-electron chi connectivity index (χ1n) is 8.57. The Morgan fingerprint density at radius 3 is 2.25 bits per heavy atom. The molecule has 3 heteroatoms. The third-order valence-electron chi connectivity index (χ3n) is 3.73. The maximum absolute atomic E-state index is 7.52. The molecule has 0 aromatic carbocycles. The van der Waals surface area contributed by atoms with Crippen LogP contribution in [0.5, 0.6) is 0 Å². The zero-order chi connectivity index (χ0) is 18.7.